The third kappa shape index (κ3) is 9.93. The zero-order chi connectivity index (χ0) is 36.1. The molecule has 0 aliphatic rings. The number of carbonyl (C=O) groups excluding carboxylic acids is 4. The summed E-state index contributed by atoms with van der Waals surface area (Å²) in [5.41, 5.74) is 4.89. The Labute approximate surface area is 291 Å². The maximum atomic E-state index is 12.3. The molecule has 0 unspecified atom stereocenters. The van der Waals surface area contributed by atoms with E-state index < -0.39 is 29.5 Å². The lowest BCUT2D eigenvalue weighted by molar-refractivity contribution is -0.139. The van der Waals surface area contributed by atoms with Gasteiger partial charge in [0.15, 0.2) is 0 Å². The molecule has 0 aliphatic heterocycles. The quantitative estimate of drug-likeness (QED) is 0.0625. The summed E-state index contributed by atoms with van der Waals surface area (Å²) >= 11 is 0. The first-order valence-electron chi connectivity index (χ1n) is 15.9. The summed E-state index contributed by atoms with van der Waals surface area (Å²) in [6, 6.07) is 32.8. The molecule has 4 aromatic rings. The molecule has 0 heterocycles. The highest BCUT2D eigenvalue weighted by atomic mass is 16.6. The van der Waals surface area contributed by atoms with Crippen LogP contribution in [0.2, 0.25) is 0 Å². The molecule has 2 amide bonds. The Morgan fingerprint density at radius 3 is 1.30 bits per heavy atom. The number of benzene rings is 4. The minimum atomic E-state index is -0.684. The molecule has 4 rings (SSSR count). The zero-order valence-corrected chi connectivity index (χ0v) is 28.3. The number of nitrogens with one attached hydrogen (secondary N) is 2. The standard InChI is InChI=1S/C40H40N2O8/c1-27(2)36(43)47-25-23-41-38(45)49-34-19-15-32(16-20-34)40(5,31-13-11-30(12-14-31)29-9-7-6-8-10-29)33-17-21-35(22-18-33)50-39(46)42-24-26-48-37(44)28(3)4/h6-22H,1,3,23-26H2,2,4-5H3,(H,41,45)(H,42,46). The van der Waals surface area contributed by atoms with Crippen LogP contribution in [0.1, 0.15) is 37.5 Å². The van der Waals surface area contributed by atoms with Crippen molar-refractivity contribution in [2.75, 3.05) is 26.3 Å². The Kier molecular flexibility index (Phi) is 12.7. The van der Waals surface area contributed by atoms with Gasteiger partial charge >= 0.3 is 24.1 Å². The monoisotopic (exact) mass is 676 g/mol. The van der Waals surface area contributed by atoms with Crippen LogP contribution in [0.4, 0.5) is 9.59 Å². The molecule has 10 heteroatoms. The van der Waals surface area contributed by atoms with Crippen LogP contribution in [-0.4, -0.2) is 50.4 Å². The predicted octanol–water partition coefficient (Wildman–Crippen LogP) is 7.12. The Morgan fingerprint density at radius 2 is 0.920 bits per heavy atom. The third-order valence-electron chi connectivity index (χ3n) is 7.76. The van der Waals surface area contributed by atoms with Gasteiger partial charge in [0.25, 0.3) is 0 Å². The van der Waals surface area contributed by atoms with E-state index in [-0.39, 0.29) is 37.4 Å². The minimum Gasteiger partial charge on any atom is -0.460 e. The first kappa shape index (κ1) is 36.7. The van der Waals surface area contributed by atoms with Crippen molar-refractivity contribution in [3.05, 3.63) is 144 Å². The van der Waals surface area contributed by atoms with Gasteiger partial charge in [-0.1, -0.05) is 92.0 Å². The molecule has 258 valence electrons. The Hall–Kier alpha value is -6.16. The molecule has 0 aromatic heterocycles. The molecule has 50 heavy (non-hydrogen) atoms. The number of rotatable bonds is 14. The average molecular weight is 677 g/mol. The van der Waals surface area contributed by atoms with Crippen molar-refractivity contribution < 1.29 is 38.1 Å². The summed E-state index contributed by atoms with van der Waals surface area (Å²) < 4.78 is 20.8. The summed E-state index contributed by atoms with van der Waals surface area (Å²) in [5, 5.41) is 5.10. The first-order valence-corrected chi connectivity index (χ1v) is 15.9. The van der Waals surface area contributed by atoms with Gasteiger partial charge in [-0.3, -0.25) is 0 Å². The van der Waals surface area contributed by atoms with Crippen LogP contribution in [0.3, 0.4) is 0 Å². The van der Waals surface area contributed by atoms with E-state index >= 15 is 0 Å². The molecular formula is C40H40N2O8. The summed E-state index contributed by atoms with van der Waals surface area (Å²) in [4.78, 5) is 47.7. The number of esters is 2. The van der Waals surface area contributed by atoms with Crippen LogP contribution in [0.15, 0.2) is 127 Å². The van der Waals surface area contributed by atoms with Crippen molar-refractivity contribution in [3.8, 4) is 22.6 Å². The van der Waals surface area contributed by atoms with Gasteiger partial charge in [-0.15, -0.1) is 0 Å². The predicted molar refractivity (Wildman–Crippen MR) is 190 cm³/mol. The lowest BCUT2D eigenvalue weighted by Crippen LogP contribution is -2.31. The van der Waals surface area contributed by atoms with E-state index in [1.807, 2.05) is 42.5 Å². The van der Waals surface area contributed by atoms with Gasteiger partial charge in [0.2, 0.25) is 0 Å². The molecule has 2 N–H and O–H groups in total. The fourth-order valence-corrected chi connectivity index (χ4v) is 4.97. The Balaban J connectivity index is 1.50. The number of hydrogen-bond donors (Lipinski definition) is 2. The summed E-state index contributed by atoms with van der Waals surface area (Å²) in [5.74, 6) is -0.402. The van der Waals surface area contributed by atoms with E-state index in [0.29, 0.717) is 11.5 Å². The van der Waals surface area contributed by atoms with Crippen molar-refractivity contribution in [3.63, 3.8) is 0 Å². The number of amides is 2. The SMILES string of the molecule is C=C(C)C(=O)OCCNC(=O)Oc1ccc(C(C)(c2ccc(OC(=O)NCCOC(=O)C(=C)C)cc2)c2ccc(-c3ccccc3)cc2)cc1. The van der Waals surface area contributed by atoms with Gasteiger partial charge in [0.05, 0.1) is 13.1 Å². The normalized spacial score (nSPS) is 10.7. The van der Waals surface area contributed by atoms with Gasteiger partial charge in [0.1, 0.15) is 24.7 Å². The molecule has 0 fully saturated rings. The van der Waals surface area contributed by atoms with E-state index in [0.717, 1.165) is 27.8 Å². The molecule has 0 aliphatic carbocycles. The zero-order valence-electron chi connectivity index (χ0n) is 28.3. The van der Waals surface area contributed by atoms with Crippen LogP contribution in [0.5, 0.6) is 11.5 Å². The fraction of sp³-hybridized carbons (Fsp3) is 0.200. The highest BCUT2D eigenvalue weighted by molar-refractivity contribution is 5.87. The number of carbonyl (C=O) groups is 4. The second kappa shape index (κ2) is 17.3. The highest BCUT2D eigenvalue weighted by Gasteiger charge is 2.31. The van der Waals surface area contributed by atoms with Crippen molar-refractivity contribution in [1.82, 2.24) is 10.6 Å². The van der Waals surface area contributed by atoms with E-state index in [9.17, 15) is 19.2 Å². The molecule has 4 aromatic carbocycles. The summed E-state index contributed by atoms with van der Waals surface area (Å²) in [6.45, 7) is 12.4. The van der Waals surface area contributed by atoms with Crippen molar-refractivity contribution in [1.29, 1.82) is 0 Å². The third-order valence-corrected chi connectivity index (χ3v) is 7.76. The summed E-state index contributed by atoms with van der Waals surface area (Å²) in [7, 11) is 0. The van der Waals surface area contributed by atoms with Crippen molar-refractivity contribution >= 4 is 24.1 Å². The van der Waals surface area contributed by atoms with E-state index in [4.69, 9.17) is 18.9 Å². The van der Waals surface area contributed by atoms with Gasteiger partial charge < -0.3 is 29.6 Å². The maximum absolute atomic E-state index is 12.3. The van der Waals surface area contributed by atoms with Gasteiger partial charge in [-0.2, -0.15) is 0 Å². The largest absolute Gasteiger partial charge is 0.460 e. The second-order valence-electron chi connectivity index (χ2n) is 11.6. The van der Waals surface area contributed by atoms with Crippen LogP contribution < -0.4 is 20.1 Å². The maximum Gasteiger partial charge on any atom is 0.412 e. The molecule has 0 radical (unpaired) electrons. The van der Waals surface area contributed by atoms with Gasteiger partial charge in [0, 0.05) is 16.6 Å². The van der Waals surface area contributed by atoms with Crippen molar-refractivity contribution in [2.45, 2.75) is 26.2 Å². The van der Waals surface area contributed by atoms with Crippen molar-refractivity contribution in [2.24, 2.45) is 0 Å². The summed E-state index contributed by atoms with van der Waals surface area (Å²) in [6.07, 6.45) is -1.37. The number of ether oxygens (including phenoxy) is 4. The van der Waals surface area contributed by atoms with E-state index in [2.05, 4.69) is 67.1 Å². The van der Waals surface area contributed by atoms with Crippen LogP contribution in [0.25, 0.3) is 11.1 Å². The first-order chi connectivity index (χ1) is 24.0. The molecule has 0 saturated heterocycles. The van der Waals surface area contributed by atoms with E-state index in [1.54, 1.807) is 38.1 Å². The smallest absolute Gasteiger partial charge is 0.412 e. The van der Waals surface area contributed by atoms with Crippen LogP contribution >= 0.6 is 0 Å². The second-order valence-corrected chi connectivity index (χ2v) is 11.6. The molecule has 0 atom stereocenters. The highest BCUT2D eigenvalue weighted by Crippen LogP contribution is 2.40. The fourth-order valence-electron chi connectivity index (χ4n) is 4.97. The average Bonchev–Trinajstić information content (AvgIpc) is 3.12. The number of hydrogen-bond acceptors (Lipinski definition) is 8. The minimum absolute atomic E-state index is 0.0113. The van der Waals surface area contributed by atoms with Gasteiger partial charge in [-0.25, -0.2) is 19.2 Å². The lowest BCUT2D eigenvalue weighted by Gasteiger charge is -2.32. The van der Waals surface area contributed by atoms with Gasteiger partial charge in [-0.05, 0) is 72.9 Å². The topological polar surface area (TPSA) is 129 Å². The van der Waals surface area contributed by atoms with Crippen LogP contribution in [0, 0.1) is 0 Å². The molecular weight excluding hydrogens is 636 g/mol. The Bertz CT molecular complexity index is 1720. The van der Waals surface area contributed by atoms with E-state index in [1.165, 1.54) is 0 Å². The van der Waals surface area contributed by atoms with Crippen LogP contribution in [-0.2, 0) is 24.5 Å². The molecule has 10 nitrogen and oxygen atoms in total. The lowest BCUT2D eigenvalue weighted by atomic mass is 9.71. The molecule has 0 saturated carbocycles. The molecule has 0 bridgehead atoms. The molecule has 0 spiro atoms. The Morgan fingerprint density at radius 1 is 0.560 bits per heavy atom.